The zero-order valence-electron chi connectivity index (χ0n) is 19.1. The Morgan fingerprint density at radius 1 is 1.09 bits per heavy atom. The third-order valence-corrected chi connectivity index (χ3v) is 7.90. The highest BCUT2D eigenvalue weighted by atomic mass is 32.2. The van der Waals surface area contributed by atoms with Crippen molar-refractivity contribution in [3.8, 4) is 0 Å². The Kier molecular flexibility index (Phi) is 7.36. The third-order valence-electron chi connectivity index (χ3n) is 5.85. The molecule has 0 radical (unpaired) electrons. The van der Waals surface area contributed by atoms with Crippen molar-refractivity contribution in [2.24, 2.45) is 0 Å². The van der Waals surface area contributed by atoms with Gasteiger partial charge in [0.1, 0.15) is 6.04 Å². The molecule has 1 heterocycles. The summed E-state index contributed by atoms with van der Waals surface area (Å²) in [5.74, 6) is -0.488. The molecule has 1 aliphatic heterocycles. The minimum absolute atomic E-state index is 0.184. The van der Waals surface area contributed by atoms with Crippen molar-refractivity contribution in [3.63, 3.8) is 0 Å². The van der Waals surface area contributed by atoms with Gasteiger partial charge in [-0.1, -0.05) is 43.7 Å². The molecule has 2 aromatic rings. The van der Waals surface area contributed by atoms with E-state index in [4.69, 9.17) is 0 Å². The lowest BCUT2D eigenvalue weighted by Crippen LogP contribution is -2.47. The number of anilines is 1. The van der Waals surface area contributed by atoms with E-state index in [1.54, 1.807) is 26.0 Å². The number of carbonyl (C=O) groups excluding carboxylic acids is 2. The first-order valence-corrected chi connectivity index (χ1v) is 12.4. The summed E-state index contributed by atoms with van der Waals surface area (Å²) in [7, 11) is -3.62. The Labute approximate surface area is 190 Å². The fraction of sp³-hybridized carbons (Fsp3) is 0.417. The number of fused-ring (bicyclic) bond motifs is 1. The maximum atomic E-state index is 12.9. The van der Waals surface area contributed by atoms with Gasteiger partial charge in [-0.25, -0.2) is 8.42 Å². The number of hydrogen-bond donors (Lipinski definition) is 1. The molecular weight excluding hydrogens is 426 g/mol. The molecule has 1 atom stereocenters. The molecule has 2 amide bonds. The third kappa shape index (κ3) is 4.86. The van der Waals surface area contributed by atoms with Gasteiger partial charge in [-0.2, -0.15) is 4.31 Å². The predicted molar refractivity (Wildman–Crippen MR) is 125 cm³/mol. The van der Waals surface area contributed by atoms with Crippen molar-refractivity contribution in [1.29, 1.82) is 0 Å². The summed E-state index contributed by atoms with van der Waals surface area (Å²) < 4.78 is 27.2. The molecule has 2 aromatic carbocycles. The van der Waals surface area contributed by atoms with Gasteiger partial charge in [-0.15, -0.1) is 0 Å². The Morgan fingerprint density at radius 3 is 2.34 bits per heavy atom. The molecule has 0 spiro atoms. The molecule has 1 N–H and O–H groups in total. The fourth-order valence-electron chi connectivity index (χ4n) is 4.10. The van der Waals surface area contributed by atoms with Gasteiger partial charge >= 0.3 is 0 Å². The number of amides is 2. The van der Waals surface area contributed by atoms with E-state index in [-0.39, 0.29) is 23.1 Å². The number of sulfonamides is 1. The second kappa shape index (κ2) is 9.83. The maximum absolute atomic E-state index is 12.9. The normalized spacial score (nSPS) is 15.7. The van der Waals surface area contributed by atoms with Crippen molar-refractivity contribution >= 4 is 27.5 Å². The molecule has 1 unspecified atom stereocenters. The Balaban J connectivity index is 1.76. The highest BCUT2D eigenvalue weighted by Gasteiger charge is 2.37. The van der Waals surface area contributed by atoms with Gasteiger partial charge in [0.05, 0.1) is 4.90 Å². The van der Waals surface area contributed by atoms with Crippen LogP contribution in [-0.2, 0) is 32.5 Å². The van der Waals surface area contributed by atoms with Crippen LogP contribution in [0.2, 0.25) is 0 Å². The van der Waals surface area contributed by atoms with Crippen molar-refractivity contribution in [3.05, 3.63) is 59.2 Å². The molecule has 0 aliphatic carbocycles. The van der Waals surface area contributed by atoms with Crippen molar-refractivity contribution in [1.82, 2.24) is 9.62 Å². The van der Waals surface area contributed by atoms with Crippen LogP contribution in [0.5, 0.6) is 0 Å². The molecule has 0 saturated heterocycles. The van der Waals surface area contributed by atoms with E-state index in [9.17, 15) is 18.0 Å². The van der Waals surface area contributed by atoms with Crippen LogP contribution in [0.25, 0.3) is 0 Å². The number of nitrogens with zero attached hydrogens (tertiary/aromatic N) is 2. The molecule has 0 bridgehead atoms. The van der Waals surface area contributed by atoms with E-state index < -0.39 is 16.1 Å². The second-order valence-corrected chi connectivity index (χ2v) is 9.95. The van der Waals surface area contributed by atoms with Gasteiger partial charge in [0.15, 0.2) is 0 Å². The number of nitrogens with one attached hydrogen (secondary N) is 1. The number of hydrogen-bond acceptors (Lipinski definition) is 4. The molecule has 0 saturated carbocycles. The van der Waals surface area contributed by atoms with Crippen LogP contribution in [0.4, 0.5) is 5.69 Å². The van der Waals surface area contributed by atoms with E-state index in [1.165, 1.54) is 27.8 Å². The van der Waals surface area contributed by atoms with Crippen LogP contribution in [0.3, 0.4) is 0 Å². The molecule has 32 heavy (non-hydrogen) atoms. The summed E-state index contributed by atoms with van der Waals surface area (Å²) in [5, 5.41) is 2.93. The quantitative estimate of drug-likeness (QED) is 0.660. The summed E-state index contributed by atoms with van der Waals surface area (Å²) in [6, 6.07) is 12.2. The summed E-state index contributed by atoms with van der Waals surface area (Å²) >= 11 is 0. The Hall–Kier alpha value is -2.71. The molecule has 0 fully saturated rings. The number of aryl methyl sites for hydroxylation is 1. The molecule has 172 valence electrons. The second-order valence-electron chi connectivity index (χ2n) is 8.02. The highest BCUT2D eigenvalue weighted by molar-refractivity contribution is 7.89. The first kappa shape index (κ1) is 23.9. The topological polar surface area (TPSA) is 86.8 Å². The fourth-order valence-corrected chi connectivity index (χ4v) is 5.61. The molecule has 7 nitrogen and oxygen atoms in total. The van der Waals surface area contributed by atoms with Gasteiger partial charge < -0.3 is 5.32 Å². The van der Waals surface area contributed by atoms with Crippen LogP contribution in [0.15, 0.2) is 47.4 Å². The summed E-state index contributed by atoms with van der Waals surface area (Å²) in [4.78, 5) is 26.9. The largest absolute Gasteiger partial charge is 0.354 e. The minimum atomic E-state index is -3.62. The van der Waals surface area contributed by atoms with Crippen molar-refractivity contribution in [2.45, 2.75) is 51.5 Å². The lowest BCUT2D eigenvalue weighted by Gasteiger charge is -2.23. The molecule has 8 heteroatoms. The van der Waals surface area contributed by atoms with E-state index in [1.807, 2.05) is 31.2 Å². The van der Waals surface area contributed by atoms with Crippen LogP contribution >= 0.6 is 0 Å². The lowest BCUT2D eigenvalue weighted by molar-refractivity contribution is -0.125. The van der Waals surface area contributed by atoms with Crippen LogP contribution in [0, 0.1) is 6.92 Å². The van der Waals surface area contributed by atoms with Gasteiger partial charge in [0.25, 0.3) is 0 Å². The molecular formula is C24H31N3O4S. The van der Waals surface area contributed by atoms with Crippen LogP contribution in [-0.4, -0.2) is 50.2 Å². The molecule has 3 rings (SSSR count). The Bertz CT molecular complexity index is 1090. The van der Waals surface area contributed by atoms with Gasteiger partial charge in [0, 0.05) is 38.7 Å². The molecule has 1 aliphatic rings. The highest BCUT2D eigenvalue weighted by Crippen LogP contribution is 2.34. The smallest absolute Gasteiger partial charge is 0.243 e. The number of carbonyl (C=O) groups is 2. The van der Waals surface area contributed by atoms with E-state index in [0.29, 0.717) is 37.3 Å². The average molecular weight is 458 g/mol. The van der Waals surface area contributed by atoms with Gasteiger partial charge in [-0.05, 0) is 42.7 Å². The van der Waals surface area contributed by atoms with E-state index in [2.05, 4.69) is 5.32 Å². The zero-order valence-corrected chi connectivity index (χ0v) is 19.9. The van der Waals surface area contributed by atoms with Crippen molar-refractivity contribution < 1.29 is 18.0 Å². The average Bonchev–Trinajstić information content (AvgIpc) is 3.15. The summed E-state index contributed by atoms with van der Waals surface area (Å²) in [5.41, 5.74) is 3.59. The standard InChI is InChI=1S/C24H31N3O4S/c1-5-26(6-2)32(30,31)21-11-12-22-20(15-21)16-23(27(22)18(4)28)24(29)25-14-13-19-9-7-17(3)8-10-19/h7-12,15,23H,5-6,13-14,16H2,1-4H3,(H,25,29). The molecule has 0 aromatic heterocycles. The predicted octanol–water partition coefficient (Wildman–Crippen LogP) is 2.66. The SMILES string of the molecule is CCN(CC)S(=O)(=O)c1ccc2c(c1)CC(C(=O)NCCc1ccc(C)cc1)N2C(C)=O. The zero-order chi connectivity index (χ0) is 23.5. The van der Waals surface area contributed by atoms with Gasteiger partial charge in [-0.3, -0.25) is 14.5 Å². The Morgan fingerprint density at radius 2 is 1.75 bits per heavy atom. The number of rotatable bonds is 8. The maximum Gasteiger partial charge on any atom is 0.243 e. The van der Waals surface area contributed by atoms with E-state index in [0.717, 1.165) is 5.56 Å². The van der Waals surface area contributed by atoms with Crippen molar-refractivity contribution in [2.75, 3.05) is 24.5 Å². The van der Waals surface area contributed by atoms with E-state index >= 15 is 0 Å². The first-order valence-electron chi connectivity index (χ1n) is 10.9. The first-order chi connectivity index (χ1) is 15.2. The van der Waals surface area contributed by atoms with Crippen LogP contribution < -0.4 is 10.2 Å². The number of benzene rings is 2. The van der Waals surface area contributed by atoms with Gasteiger partial charge in [0.2, 0.25) is 21.8 Å². The van der Waals surface area contributed by atoms with Crippen LogP contribution in [0.1, 0.15) is 37.5 Å². The monoisotopic (exact) mass is 457 g/mol. The lowest BCUT2D eigenvalue weighted by atomic mass is 10.1. The summed E-state index contributed by atoms with van der Waals surface area (Å²) in [6.07, 6.45) is 0.977. The minimum Gasteiger partial charge on any atom is -0.354 e. The summed E-state index contributed by atoms with van der Waals surface area (Å²) in [6.45, 7) is 8.25.